The van der Waals surface area contributed by atoms with E-state index < -0.39 is 161 Å². The molecule has 2 aromatic rings. The first kappa shape index (κ1) is 51.9. The summed E-state index contributed by atoms with van der Waals surface area (Å²) < 4.78 is 54.9. The molecule has 8 N–H and O–H groups in total. The molecule has 19 atom stereocenters. The molecule has 5 aliphatic heterocycles. The molecule has 2 aromatic carbocycles. The van der Waals surface area contributed by atoms with E-state index in [0.717, 1.165) is 7.11 Å². The highest BCUT2D eigenvalue weighted by atomic mass is 16.8. The number of hydrogen-bond donors (Lipinski definition) is 8. The Balaban J connectivity index is 0.981. The van der Waals surface area contributed by atoms with Crippen molar-refractivity contribution in [1.29, 1.82) is 0 Å². The predicted octanol–water partition coefficient (Wildman–Crippen LogP) is 0.673. The zero-order valence-corrected chi connectivity index (χ0v) is 40.7. The Bertz CT molecular complexity index is 2430. The van der Waals surface area contributed by atoms with Crippen molar-refractivity contribution in [1.82, 2.24) is 10.1 Å². The minimum atomic E-state index is -1.69. The SMILES string of the molecule is COC(=O)[C@@H]1c2cc3c(c(O)c2CC[C@]1(C)O)C(=O)c1c(O)cc2c(c1C3=O)O[C@@H]1O[C@@]2(C)[C@@H](O[C@H]2C[C@H](O)[C@H](O[C@@H]3C[C@@](C)(N([O-])O)[C@@H](O[C@H]4C[C@H](O)[C@H](O)[C@H](C)O4)[C@H](C)O3)[C@H](C)O2)[C@@H](N(C)C)[C@@H]1O. The van der Waals surface area contributed by atoms with Gasteiger partial charge in [0.05, 0.1) is 71.5 Å². The lowest BCUT2D eigenvalue weighted by atomic mass is 9.69. The summed E-state index contributed by atoms with van der Waals surface area (Å²) in [4.78, 5) is 44.1. The molecule has 0 aromatic heterocycles. The Labute approximate surface area is 408 Å². The first-order chi connectivity index (χ1) is 33.2. The maximum atomic E-state index is 14.9. The molecule has 0 radical (unpaired) electrons. The van der Waals surface area contributed by atoms with Crippen molar-refractivity contribution in [3.63, 3.8) is 0 Å². The van der Waals surface area contributed by atoms with Gasteiger partial charge in [-0.25, -0.2) is 0 Å². The maximum absolute atomic E-state index is 14.9. The molecule has 7 aliphatic rings. The van der Waals surface area contributed by atoms with Gasteiger partial charge in [0.25, 0.3) is 0 Å². The van der Waals surface area contributed by atoms with Crippen LogP contribution in [0.25, 0.3) is 0 Å². The number of likely N-dealkylation sites (N-methyl/N-ethyl adjacent to an activating group) is 1. The number of nitrogens with zero attached hydrogens (tertiary/aromatic N) is 2. The normalized spacial score (nSPS) is 41.9. The van der Waals surface area contributed by atoms with Crippen LogP contribution in [0.5, 0.6) is 17.2 Å². The monoisotopic (exact) mass is 1000 g/mol. The van der Waals surface area contributed by atoms with Crippen LogP contribution in [-0.4, -0.2) is 193 Å². The number of carbonyl (C=O) groups is 3. The molecule has 23 heteroatoms. The van der Waals surface area contributed by atoms with Crippen LogP contribution >= 0.6 is 0 Å². The molecule has 9 rings (SSSR count). The third-order valence-corrected chi connectivity index (χ3v) is 15.7. The first-order valence-corrected chi connectivity index (χ1v) is 23.7. The Morgan fingerprint density at radius 1 is 0.817 bits per heavy atom. The van der Waals surface area contributed by atoms with Gasteiger partial charge in [0.2, 0.25) is 12.1 Å². The number of rotatable bonds is 9. The number of aromatic hydroxyl groups is 2. The summed E-state index contributed by atoms with van der Waals surface area (Å²) in [5.74, 6) is -5.40. The Morgan fingerprint density at radius 2 is 1.45 bits per heavy atom. The van der Waals surface area contributed by atoms with Gasteiger partial charge in [-0.05, 0) is 91.7 Å². The lowest BCUT2D eigenvalue weighted by Gasteiger charge is -2.56. The van der Waals surface area contributed by atoms with Crippen molar-refractivity contribution in [2.24, 2.45) is 0 Å². The molecule has 4 saturated heterocycles. The Kier molecular flexibility index (Phi) is 13.5. The van der Waals surface area contributed by atoms with E-state index in [0.29, 0.717) is 0 Å². The topological polar surface area (TPSA) is 326 Å². The van der Waals surface area contributed by atoms with E-state index in [4.69, 9.17) is 42.6 Å². The zero-order chi connectivity index (χ0) is 51.7. The standard InChI is InChI=1S/C48H63N2O21/c1-17-35(54)25(52)14-27(64-17)68-42-19(3)66-29(16-46(42,4)50(61)62)67-40-18(2)65-28(15-26(40)53)69-43-34(49(7)8)39(58)45-70-41-23(48(43,6)71-45)13-24(51)31-32(41)37(56)22-12-21-20(36(55)30(22)38(31)57)10-11-47(5,60)33(21)44(59)63-9/h12-13,17-19,25-29,33-35,39-40,42-43,45,51-55,58,60-61H,10-11,14-16H2,1-9H3/q-1/t17-,18-,19-,25-,26-,27-,28-,29+,33-,34-,35+,39-,40+,42-,43-,45+,46+,47-,48+/m0/s1. The summed E-state index contributed by atoms with van der Waals surface area (Å²) in [6.45, 7) is 9.22. The molecule has 23 nitrogen and oxygen atoms in total. The second-order valence-corrected chi connectivity index (χ2v) is 20.8. The highest BCUT2D eigenvalue weighted by Gasteiger charge is 2.62. The van der Waals surface area contributed by atoms with Gasteiger partial charge >= 0.3 is 5.97 Å². The summed E-state index contributed by atoms with van der Waals surface area (Å²) in [5, 5.41) is 102. The molecule has 392 valence electrons. The number of methoxy groups -OCH3 is 1. The van der Waals surface area contributed by atoms with Crippen molar-refractivity contribution >= 4 is 17.5 Å². The summed E-state index contributed by atoms with van der Waals surface area (Å²) >= 11 is 0. The van der Waals surface area contributed by atoms with Crippen LogP contribution in [0, 0.1) is 5.21 Å². The van der Waals surface area contributed by atoms with Crippen LogP contribution in [0.2, 0.25) is 0 Å². The minimum absolute atomic E-state index is 0.0207. The number of ketones is 2. The number of hydrogen-bond acceptors (Lipinski definition) is 23. The van der Waals surface area contributed by atoms with Gasteiger partial charge in [-0.2, -0.15) is 0 Å². The summed E-state index contributed by atoms with van der Waals surface area (Å²) in [7, 11) is 4.49. The quantitative estimate of drug-likeness (QED) is 0.108. The van der Waals surface area contributed by atoms with Crippen LogP contribution in [0.15, 0.2) is 12.1 Å². The molecule has 4 fully saturated rings. The van der Waals surface area contributed by atoms with Crippen molar-refractivity contribution in [3.8, 4) is 17.2 Å². The highest BCUT2D eigenvalue weighted by molar-refractivity contribution is 6.31. The second-order valence-electron chi connectivity index (χ2n) is 20.8. The largest absolute Gasteiger partial charge is 0.762 e. The summed E-state index contributed by atoms with van der Waals surface area (Å²) in [5.41, 5.74) is -6.31. The number of aliphatic hydroxyl groups is 5. The third-order valence-electron chi connectivity index (χ3n) is 15.7. The smallest absolute Gasteiger partial charge is 0.316 e. The van der Waals surface area contributed by atoms with Crippen LogP contribution in [0.3, 0.4) is 0 Å². The van der Waals surface area contributed by atoms with Crippen LogP contribution in [0.4, 0.5) is 0 Å². The van der Waals surface area contributed by atoms with Gasteiger partial charge in [-0.3, -0.25) is 19.6 Å². The highest BCUT2D eigenvalue weighted by Crippen LogP contribution is 2.55. The van der Waals surface area contributed by atoms with Gasteiger partial charge in [0.1, 0.15) is 59.3 Å². The molecule has 2 bridgehead atoms. The zero-order valence-electron chi connectivity index (χ0n) is 40.7. The average molecular weight is 1000 g/mol. The van der Waals surface area contributed by atoms with E-state index >= 15 is 0 Å². The van der Waals surface area contributed by atoms with Crippen LogP contribution in [-0.2, 0) is 54.7 Å². The number of carbonyl (C=O) groups excluding carboxylic acids is 3. The van der Waals surface area contributed by atoms with E-state index in [1.165, 1.54) is 26.0 Å². The number of phenolic OH excluding ortho intramolecular Hbond substituents is 2. The molecule has 0 spiro atoms. The number of fused-ring (bicyclic) bond motifs is 8. The van der Waals surface area contributed by atoms with E-state index in [1.807, 2.05) is 0 Å². The molecular weight excluding hydrogens is 941 g/mol. The van der Waals surface area contributed by atoms with Crippen LogP contribution < -0.4 is 4.74 Å². The van der Waals surface area contributed by atoms with Crippen molar-refractivity contribution in [2.75, 3.05) is 21.2 Å². The number of esters is 1. The van der Waals surface area contributed by atoms with Crippen molar-refractivity contribution in [3.05, 3.63) is 56.3 Å². The van der Waals surface area contributed by atoms with Crippen LogP contribution in [0.1, 0.15) is 122 Å². The van der Waals surface area contributed by atoms with E-state index in [-0.39, 0.29) is 65.3 Å². The Hall–Kier alpha value is -3.99. The fraction of sp³-hybridized carbons (Fsp3) is 0.688. The van der Waals surface area contributed by atoms with Gasteiger partial charge < -0.3 is 93.7 Å². The fourth-order valence-corrected chi connectivity index (χ4v) is 11.9. The van der Waals surface area contributed by atoms with Crippen molar-refractivity contribution in [2.45, 2.75) is 189 Å². The van der Waals surface area contributed by atoms with Gasteiger partial charge in [0.15, 0.2) is 24.7 Å². The molecular formula is C48H63N2O21-. The summed E-state index contributed by atoms with van der Waals surface area (Å²) in [6.07, 6.45) is -16.6. The number of aliphatic hydroxyl groups excluding tert-OH is 4. The number of hydroxylamine groups is 2. The predicted molar refractivity (Wildman–Crippen MR) is 238 cm³/mol. The minimum Gasteiger partial charge on any atom is -0.762 e. The van der Waals surface area contributed by atoms with Gasteiger partial charge in [-0.15, -0.1) is 0 Å². The first-order valence-electron chi connectivity index (χ1n) is 23.7. The fourth-order valence-electron chi connectivity index (χ4n) is 11.9. The van der Waals surface area contributed by atoms with E-state index in [9.17, 15) is 60.5 Å². The van der Waals surface area contributed by atoms with Gasteiger partial charge in [0, 0.05) is 30.4 Å². The lowest BCUT2D eigenvalue weighted by Crippen LogP contribution is -2.70. The molecule has 0 amide bonds. The summed E-state index contributed by atoms with van der Waals surface area (Å²) in [6, 6.07) is 1.54. The number of phenols is 2. The van der Waals surface area contributed by atoms with Gasteiger partial charge in [-0.1, -0.05) is 0 Å². The molecule has 5 heterocycles. The average Bonchev–Trinajstić information content (AvgIpc) is 3.28. The van der Waals surface area contributed by atoms with E-state index in [1.54, 1.807) is 46.7 Å². The maximum Gasteiger partial charge on any atom is 0.316 e. The molecule has 2 aliphatic carbocycles. The lowest BCUT2D eigenvalue weighted by molar-refractivity contribution is -0.367. The number of ether oxygens (including phenoxy) is 9. The molecule has 0 saturated carbocycles. The van der Waals surface area contributed by atoms with Crippen molar-refractivity contribution < 1.29 is 98.0 Å². The Morgan fingerprint density at radius 3 is 2.07 bits per heavy atom. The number of benzene rings is 2. The second kappa shape index (κ2) is 18.4. The molecule has 71 heavy (non-hydrogen) atoms. The van der Waals surface area contributed by atoms with E-state index in [2.05, 4.69) is 0 Å². The third kappa shape index (κ3) is 8.35. The molecule has 0 unspecified atom stereocenters.